The van der Waals surface area contributed by atoms with Gasteiger partial charge >= 0.3 is 0 Å². The lowest BCUT2D eigenvalue weighted by Crippen LogP contribution is -2.24. The van der Waals surface area contributed by atoms with Gasteiger partial charge in [0.1, 0.15) is 0 Å². The Labute approximate surface area is 167 Å². The van der Waals surface area contributed by atoms with Gasteiger partial charge in [0.05, 0.1) is 11.8 Å². The molecule has 0 saturated carbocycles. The molecule has 27 heavy (non-hydrogen) atoms. The van der Waals surface area contributed by atoms with Crippen LogP contribution >= 0.6 is 0 Å². The number of aromatic nitrogens is 2. The molecule has 0 aliphatic heterocycles. The first-order chi connectivity index (χ1) is 13.2. The van der Waals surface area contributed by atoms with Crippen LogP contribution in [0.1, 0.15) is 120 Å². The van der Waals surface area contributed by atoms with Gasteiger partial charge in [-0.1, -0.05) is 103 Å². The number of carbonyl (C=O) groups is 1. The van der Waals surface area contributed by atoms with Crippen LogP contribution in [0.2, 0.25) is 0 Å². The summed E-state index contributed by atoms with van der Waals surface area (Å²) >= 11 is 0. The van der Waals surface area contributed by atoms with Crippen molar-refractivity contribution in [2.24, 2.45) is 7.05 Å². The van der Waals surface area contributed by atoms with E-state index in [2.05, 4.69) is 17.3 Å². The van der Waals surface area contributed by atoms with Crippen molar-refractivity contribution in [3.8, 4) is 0 Å². The Bertz CT molecular complexity index is 470. The van der Waals surface area contributed by atoms with E-state index >= 15 is 0 Å². The predicted molar refractivity (Wildman–Crippen MR) is 115 cm³/mol. The molecule has 0 fully saturated rings. The number of amides is 1. The molecule has 0 saturated heterocycles. The van der Waals surface area contributed by atoms with Gasteiger partial charge in [0.25, 0.3) is 5.91 Å². The molecule has 0 bridgehead atoms. The van der Waals surface area contributed by atoms with Gasteiger partial charge in [-0.15, -0.1) is 0 Å². The van der Waals surface area contributed by atoms with Crippen LogP contribution in [-0.2, 0) is 7.05 Å². The fraction of sp³-hybridized carbons (Fsp3) is 0.826. The van der Waals surface area contributed by atoms with Crippen molar-refractivity contribution in [1.29, 1.82) is 0 Å². The maximum Gasteiger partial charge on any atom is 0.254 e. The number of hydrogen-bond acceptors (Lipinski definition) is 2. The van der Waals surface area contributed by atoms with Gasteiger partial charge < -0.3 is 5.32 Å². The molecule has 1 aromatic rings. The standard InChI is InChI=1S/C23H43N3O/c1-3-4-5-6-7-8-9-10-11-12-13-14-15-16-17-18-19-24-23(27)22-20-25-26(2)21-22/h20-21H,3-19H2,1-2H3,(H,24,27). The number of aryl methyl sites for hydroxylation is 1. The van der Waals surface area contributed by atoms with Gasteiger partial charge in [-0.25, -0.2) is 0 Å². The molecule has 0 aliphatic rings. The van der Waals surface area contributed by atoms with Gasteiger partial charge in [0, 0.05) is 19.8 Å². The van der Waals surface area contributed by atoms with E-state index in [0.717, 1.165) is 13.0 Å². The molecule has 1 aromatic heterocycles. The minimum Gasteiger partial charge on any atom is -0.352 e. The van der Waals surface area contributed by atoms with E-state index in [1.165, 1.54) is 96.3 Å². The molecule has 1 rings (SSSR count). The molecule has 0 radical (unpaired) electrons. The molecule has 1 amide bonds. The molecule has 4 nitrogen and oxygen atoms in total. The van der Waals surface area contributed by atoms with Crippen molar-refractivity contribution in [2.45, 2.75) is 110 Å². The molecule has 0 aromatic carbocycles. The Morgan fingerprint density at radius 3 is 1.67 bits per heavy atom. The smallest absolute Gasteiger partial charge is 0.254 e. The Balaban J connectivity index is 1.75. The zero-order valence-electron chi connectivity index (χ0n) is 18.0. The average Bonchev–Trinajstić information content (AvgIpc) is 3.10. The van der Waals surface area contributed by atoms with Crippen molar-refractivity contribution in [3.63, 3.8) is 0 Å². The molecule has 4 heteroatoms. The third kappa shape index (κ3) is 13.5. The fourth-order valence-corrected chi connectivity index (χ4v) is 3.52. The summed E-state index contributed by atoms with van der Waals surface area (Å²) in [6.07, 6.45) is 25.3. The van der Waals surface area contributed by atoms with Crippen LogP contribution < -0.4 is 5.32 Å². The number of hydrogen-bond donors (Lipinski definition) is 1. The number of rotatable bonds is 18. The number of nitrogens with one attached hydrogen (secondary N) is 1. The molecule has 0 spiro atoms. The van der Waals surface area contributed by atoms with Crippen LogP contribution in [0.15, 0.2) is 12.4 Å². The lowest BCUT2D eigenvalue weighted by Gasteiger charge is -2.04. The average molecular weight is 378 g/mol. The number of carbonyl (C=O) groups excluding carboxylic acids is 1. The second-order valence-corrected chi connectivity index (χ2v) is 7.96. The zero-order chi connectivity index (χ0) is 19.6. The normalized spacial score (nSPS) is 11.0. The van der Waals surface area contributed by atoms with Crippen LogP contribution in [0.5, 0.6) is 0 Å². The van der Waals surface area contributed by atoms with E-state index < -0.39 is 0 Å². The van der Waals surface area contributed by atoms with Gasteiger partial charge in [0.2, 0.25) is 0 Å². The predicted octanol–water partition coefficient (Wildman–Crippen LogP) is 6.41. The Morgan fingerprint density at radius 2 is 1.26 bits per heavy atom. The second-order valence-electron chi connectivity index (χ2n) is 7.96. The maximum atomic E-state index is 11.9. The Kier molecular flexibility index (Phi) is 14.8. The SMILES string of the molecule is CCCCCCCCCCCCCCCCCCNC(=O)c1cnn(C)c1. The first-order valence-corrected chi connectivity index (χ1v) is 11.5. The van der Waals surface area contributed by atoms with Gasteiger partial charge in [0.15, 0.2) is 0 Å². The third-order valence-corrected chi connectivity index (χ3v) is 5.28. The zero-order valence-corrected chi connectivity index (χ0v) is 18.0. The van der Waals surface area contributed by atoms with Gasteiger partial charge in [-0.05, 0) is 6.42 Å². The molecule has 0 aliphatic carbocycles. The summed E-state index contributed by atoms with van der Waals surface area (Å²) in [6.45, 7) is 3.05. The summed E-state index contributed by atoms with van der Waals surface area (Å²) < 4.78 is 1.66. The highest BCUT2D eigenvalue weighted by atomic mass is 16.1. The summed E-state index contributed by atoms with van der Waals surface area (Å²) in [5.74, 6) is -0.0101. The maximum absolute atomic E-state index is 11.9. The summed E-state index contributed by atoms with van der Waals surface area (Å²) in [4.78, 5) is 11.9. The van der Waals surface area contributed by atoms with Crippen molar-refractivity contribution in [3.05, 3.63) is 18.0 Å². The molecular weight excluding hydrogens is 334 g/mol. The summed E-state index contributed by atoms with van der Waals surface area (Å²) in [5, 5.41) is 6.99. The van der Waals surface area contributed by atoms with E-state index in [0.29, 0.717) is 5.56 Å². The van der Waals surface area contributed by atoms with Crippen molar-refractivity contribution >= 4 is 5.91 Å². The third-order valence-electron chi connectivity index (χ3n) is 5.28. The molecule has 0 unspecified atom stereocenters. The van der Waals surface area contributed by atoms with Crippen LogP contribution in [0.3, 0.4) is 0 Å². The molecule has 0 atom stereocenters. The van der Waals surface area contributed by atoms with Gasteiger partial charge in [-0.2, -0.15) is 5.10 Å². The fourth-order valence-electron chi connectivity index (χ4n) is 3.52. The van der Waals surface area contributed by atoms with Crippen LogP contribution in [0.25, 0.3) is 0 Å². The Morgan fingerprint density at radius 1 is 0.815 bits per heavy atom. The molecule has 156 valence electrons. The minimum atomic E-state index is -0.0101. The second kappa shape index (κ2) is 16.8. The van der Waals surface area contributed by atoms with Gasteiger partial charge in [-0.3, -0.25) is 9.48 Å². The monoisotopic (exact) mass is 377 g/mol. The van der Waals surface area contributed by atoms with Crippen LogP contribution in [0, 0.1) is 0 Å². The summed E-state index contributed by atoms with van der Waals surface area (Å²) in [5.41, 5.74) is 0.647. The lowest BCUT2D eigenvalue weighted by molar-refractivity contribution is 0.0953. The van der Waals surface area contributed by atoms with E-state index in [1.807, 2.05) is 7.05 Å². The first kappa shape index (κ1) is 23.7. The number of nitrogens with zero attached hydrogens (tertiary/aromatic N) is 2. The van der Waals surface area contributed by atoms with E-state index in [4.69, 9.17) is 0 Å². The van der Waals surface area contributed by atoms with Crippen molar-refractivity contribution < 1.29 is 4.79 Å². The molecule has 1 N–H and O–H groups in total. The summed E-state index contributed by atoms with van der Waals surface area (Å²) in [6, 6.07) is 0. The highest BCUT2D eigenvalue weighted by molar-refractivity contribution is 5.93. The topological polar surface area (TPSA) is 46.9 Å². The molecule has 1 heterocycles. The van der Waals surface area contributed by atoms with E-state index in [9.17, 15) is 4.79 Å². The van der Waals surface area contributed by atoms with E-state index in [1.54, 1.807) is 17.1 Å². The van der Waals surface area contributed by atoms with Crippen molar-refractivity contribution in [1.82, 2.24) is 15.1 Å². The minimum absolute atomic E-state index is 0.0101. The lowest BCUT2D eigenvalue weighted by atomic mass is 10.0. The highest BCUT2D eigenvalue weighted by Gasteiger charge is 2.06. The first-order valence-electron chi connectivity index (χ1n) is 11.5. The van der Waals surface area contributed by atoms with E-state index in [-0.39, 0.29) is 5.91 Å². The largest absolute Gasteiger partial charge is 0.352 e. The molecular formula is C23H43N3O. The Hall–Kier alpha value is -1.32. The van der Waals surface area contributed by atoms with Crippen LogP contribution in [0.4, 0.5) is 0 Å². The summed E-state index contributed by atoms with van der Waals surface area (Å²) in [7, 11) is 1.83. The van der Waals surface area contributed by atoms with Crippen LogP contribution in [-0.4, -0.2) is 22.2 Å². The number of unbranched alkanes of at least 4 members (excludes halogenated alkanes) is 15. The highest BCUT2D eigenvalue weighted by Crippen LogP contribution is 2.13. The van der Waals surface area contributed by atoms with Crippen molar-refractivity contribution in [2.75, 3.05) is 6.54 Å². The quantitative estimate of drug-likeness (QED) is 0.300.